The summed E-state index contributed by atoms with van der Waals surface area (Å²) in [6.45, 7) is 11.0. The summed E-state index contributed by atoms with van der Waals surface area (Å²) in [5.74, 6) is -1.20. The number of halogens is 1. The number of morpholine rings is 1. The van der Waals surface area contributed by atoms with Gasteiger partial charge in [0.15, 0.2) is 5.69 Å². The van der Waals surface area contributed by atoms with E-state index in [-0.39, 0.29) is 23.5 Å². The number of hydrogen-bond donors (Lipinski definition) is 1. The monoisotopic (exact) mass is 613 g/mol. The number of aromatic nitrogens is 4. The third kappa shape index (κ3) is 8.37. The lowest BCUT2D eigenvalue weighted by Crippen LogP contribution is -2.44. The second-order valence-electron chi connectivity index (χ2n) is 12.2. The Bertz CT molecular complexity index is 1560. The molecule has 0 saturated carbocycles. The van der Waals surface area contributed by atoms with Gasteiger partial charge in [0.1, 0.15) is 11.9 Å². The van der Waals surface area contributed by atoms with Crippen LogP contribution in [0, 0.1) is 5.82 Å². The smallest absolute Gasteiger partial charge is 0.281 e. The van der Waals surface area contributed by atoms with Crippen molar-refractivity contribution in [2.75, 3.05) is 44.3 Å². The maximum absolute atomic E-state index is 14.3. The lowest BCUT2D eigenvalue weighted by Gasteiger charge is -2.31. The molecule has 45 heavy (non-hydrogen) atoms. The molecule has 1 fully saturated rings. The van der Waals surface area contributed by atoms with E-state index >= 15 is 0 Å². The molecule has 0 radical (unpaired) electrons. The summed E-state index contributed by atoms with van der Waals surface area (Å²) in [5, 5.41) is 11.4. The van der Waals surface area contributed by atoms with E-state index in [1.54, 1.807) is 41.5 Å². The largest absolute Gasteiger partial charge is 0.379 e. The number of ether oxygens (including phenoxy) is 1. The van der Waals surface area contributed by atoms with E-state index < -0.39 is 17.9 Å². The first-order valence-corrected chi connectivity index (χ1v) is 15.3. The Labute approximate surface area is 263 Å². The van der Waals surface area contributed by atoms with Crippen molar-refractivity contribution in [3.8, 4) is 0 Å². The van der Waals surface area contributed by atoms with Crippen LogP contribution in [0.25, 0.3) is 0 Å². The summed E-state index contributed by atoms with van der Waals surface area (Å²) >= 11 is 0. The number of pyridine rings is 1. The fraction of sp³-hybridized carbons (Fsp3) is 0.382. The van der Waals surface area contributed by atoms with Crippen LogP contribution in [-0.4, -0.2) is 76.1 Å². The van der Waals surface area contributed by atoms with Crippen LogP contribution in [0.15, 0.2) is 79.3 Å². The molecule has 5 rings (SSSR count). The molecule has 10 nitrogen and oxygen atoms in total. The van der Waals surface area contributed by atoms with E-state index in [1.807, 2.05) is 30.3 Å². The summed E-state index contributed by atoms with van der Waals surface area (Å²) in [6, 6.07) is 16.4. The first-order valence-electron chi connectivity index (χ1n) is 15.3. The van der Waals surface area contributed by atoms with E-state index in [1.165, 1.54) is 17.0 Å². The van der Waals surface area contributed by atoms with Gasteiger partial charge in [0.05, 0.1) is 26.0 Å². The van der Waals surface area contributed by atoms with Crippen molar-refractivity contribution in [1.82, 2.24) is 30.2 Å². The maximum Gasteiger partial charge on any atom is 0.281 e. The minimum Gasteiger partial charge on any atom is -0.379 e. The Balaban J connectivity index is 1.44. The van der Waals surface area contributed by atoms with Gasteiger partial charge in [-0.05, 0) is 53.3 Å². The number of anilines is 1. The Morgan fingerprint density at radius 3 is 2.51 bits per heavy atom. The summed E-state index contributed by atoms with van der Waals surface area (Å²) in [5.41, 5.74) is 2.93. The Morgan fingerprint density at radius 1 is 1.04 bits per heavy atom. The van der Waals surface area contributed by atoms with Crippen LogP contribution in [0.3, 0.4) is 0 Å². The van der Waals surface area contributed by atoms with E-state index in [9.17, 15) is 14.0 Å². The Morgan fingerprint density at radius 2 is 1.82 bits per heavy atom. The summed E-state index contributed by atoms with van der Waals surface area (Å²) < 4.78 is 20.8. The molecule has 0 aliphatic carbocycles. The Kier molecular flexibility index (Phi) is 10.3. The van der Waals surface area contributed by atoms with E-state index in [0.717, 1.165) is 30.8 Å². The zero-order chi connectivity index (χ0) is 31.8. The van der Waals surface area contributed by atoms with Gasteiger partial charge in [-0.2, -0.15) is 0 Å². The van der Waals surface area contributed by atoms with E-state index in [4.69, 9.17) is 4.74 Å². The third-order valence-corrected chi connectivity index (χ3v) is 7.85. The topological polar surface area (TPSA) is 105 Å². The molecule has 236 valence electrons. The molecule has 0 spiro atoms. The highest BCUT2D eigenvalue weighted by Crippen LogP contribution is 2.31. The SMILES string of the molecule is CC(C)(C)c1ccc(N(C(=O)c2cn(CCN3CCOCC3)nn2)C(C(=O)NCCc2cccc(F)c2)c2cccnc2)cc1. The molecule has 0 bridgehead atoms. The third-order valence-electron chi connectivity index (χ3n) is 7.85. The maximum atomic E-state index is 14.3. The van der Waals surface area contributed by atoms with Gasteiger partial charge in [0.25, 0.3) is 5.91 Å². The standard InChI is InChI=1S/C34H40FN7O3/c1-34(2,3)27-9-11-29(12-10-27)42(33(44)30-24-41(39-38-30)17-16-40-18-20-45-21-19-40)31(26-7-5-14-36-23-26)32(43)37-15-13-25-6-4-8-28(35)22-25/h4-12,14,22-24,31H,13,15-21H2,1-3H3,(H,37,43). The molecule has 11 heteroatoms. The molecule has 1 atom stereocenters. The van der Waals surface area contributed by atoms with Gasteiger partial charge < -0.3 is 10.1 Å². The zero-order valence-corrected chi connectivity index (χ0v) is 26.0. The normalized spacial score (nSPS) is 14.6. The number of benzene rings is 2. The molecular weight excluding hydrogens is 573 g/mol. The van der Waals surface area contributed by atoms with Crippen LogP contribution in [0.2, 0.25) is 0 Å². The van der Waals surface area contributed by atoms with Gasteiger partial charge >= 0.3 is 0 Å². The lowest BCUT2D eigenvalue weighted by atomic mass is 9.87. The van der Waals surface area contributed by atoms with Crippen LogP contribution in [0.4, 0.5) is 10.1 Å². The minimum absolute atomic E-state index is 0.104. The number of rotatable bonds is 11. The van der Waals surface area contributed by atoms with Gasteiger partial charge in [0.2, 0.25) is 5.91 Å². The first kappa shape index (κ1) is 31.9. The zero-order valence-electron chi connectivity index (χ0n) is 26.0. The van der Waals surface area contributed by atoms with Crippen molar-refractivity contribution in [3.05, 3.63) is 107 Å². The molecule has 1 saturated heterocycles. The molecule has 1 aliphatic heterocycles. The van der Waals surface area contributed by atoms with Gasteiger partial charge in [0, 0.05) is 49.8 Å². The van der Waals surface area contributed by atoms with Crippen molar-refractivity contribution in [2.45, 2.75) is 45.2 Å². The second-order valence-corrected chi connectivity index (χ2v) is 12.2. The molecule has 1 N–H and O–H groups in total. The van der Waals surface area contributed by atoms with Crippen molar-refractivity contribution in [1.29, 1.82) is 0 Å². The number of hydrogen-bond acceptors (Lipinski definition) is 7. The summed E-state index contributed by atoms with van der Waals surface area (Å²) in [4.78, 5) is 36.3. The van der Waals surface area contributed by atoms with Crippen molar-refractivity contribution in [3.63, 3.8) is 0 Å². The average Bonchev–Trinajstić information content (AvgIpc) is 3.52. The quantitative estimate of drug-likeness (QED) is 0.271. The highest BCUT2D eigenvalue weighted by atomic mass is 19.1. The lowest BCUT2D eigenvalue weighted by molar-refractivity contribution is -0.122. The number of carbonyl (C=O) groups is 2. The first-order chi connectivity index (χ1) is 21.7. The molecule has 4 aromatic rings. The number of amides is 2. The van der Waals surface area contributed by atoms with Gasteiger partial charge in [-0.1, -0.05) is 56.3 Å². The number of carbonyl (C=O) groups excluding carboxylic acids is 2. The molecule has 1 aliphatic rings. The van der Waals surface area contributed by atoms with Gasteiger partial charge in [-0.15, -0.1) is 5.10 Å². The molecule has 2 amide bonds. The van der Waals surface area contributed by atoms with Gasteiger partial charge in [-0.3, -0.25) is 29.1 Å². The second kappa shape index (κ2) is 14.5. The van der Waals surface area contributed by atoms with E-state index in [0.29, 0.717) is 37.4 Å². The van der Waals surface area contributed by atoms with Crippen molar-refractivity contribution in [2.24, 2.45) is 0 Å². The van der Waals surface area contributed by atoms with Crippen LogP contribution < -0.4 is 10.2 Å². The fourth-order valence-corrected chi connectivity index (χ4v) is 5.28. The highest BCUT2D eigenvalue weighted by molar-refractivity contribution is 6.09. The van der Waals surface area contributed by atoms with Crippen LogP contribution in [0.1, 0.15) is 54.0 Å². The fourth-order valence-electron chi connectivity index (χ4n) is 5.28. The predicted octanol–water partition coefficient (Wildman–Crippen LogP) is 4.19. The summed E-state index contributed by atoms with van der Waals surface area (Å²) in [6.07, 6.45) is 5.25. The minimum atomic E-state index is -1.06. The molecular formula is C34H40FN7O3. The summed E-state index contributed by atoms with van der Waals surface area (Å²) in [7, 11) is 0. The average molecular weight is 614 g/mol. The van der Waals surface area contributed by atoms with Crippen molar-refractivity contribution < 1.29 is 18.7 Å². The van der Waals surface area contributed by atoms with Crippen LogP contribution >= 0.6 is 0 Å². The molecule has 2 aromatic carbocycles. The van der Waals surface area contributed by atoms with Crippen LogP contribution in [-0.2, 0) is 27.9 Å². The van der Waals surface area contributed by atoms with E-state index in [2.05, 4.69) is 46.3 Å². The highest BCUT2D eigenvalue weighted by Gasteiger charge is 2.35. The molecule has 3 heterocycles. The predicted molar refractivity (Wildman–Crippen MR) is 169 cm³/mol. The van der Waals surface area contributed by atoms with Crippen molar-refractivity contribution >= 4 is 17.5 Å². The molecule has 2 aromatic heterocycles. The molecule has 1 unspecified atom stereocenters. The van der Waals surface area contributed by atoms with Crippen LogP contribution in [0.5, 0.6) is 0 Å². The number of nitrogens with zero attached hydrogens (tertiary/aromatic N) is 6. The van der Waals surface area contributed by atoms with Gasteiger partial charge in [-0.25, -0.2) is 4.39 Å². The Hall–Kier alpha value is -4.48. The number of nitrogens with one attached hydrogen (secondary N) is 1.